The minimum absolute atomic E-state index is 0.175. The summed E-state index contributed by atoms with van der Waals surface area (Å²) in [5.74, 6) is 0.988. The van der Waals surface area contributed by atoms with Gasteiger partial charge in [-0.3, -0.25) is 0 Å². The number of carbonyl (C=O) groups is 1. The fourth-order valence-corrected chi connectivity index (χ4v) is 3.74. The maximum Gasteiger partial charge on any atom is 0.332 e. The number of hydrogen-bond donors (Lipinski definition) is 1. The summed E-state index contributed by atoms with van der Waals surface area (Å²) in [6, 6.07) is 0. The molecule has 0 aliphatic heterocycles. The predicted molar refractivity (Wildman–Crippen MR) is 75.1 cm³/mol. The van der Waals surface area contributed by atoms with Gasteiger partial charge in [-0.25, -0.2) is 4.79 Å². The molecule has 0 aromatic carbocycles. The summed E-state index contributed by atoms with van der Waals surface area (Å²) in [5, 5.41) is 8.86. The summed E-state index contributed by atoms with van der Waals surface area (Å²) in [7, 11) is 0. The van der Waals surface area contributed by atoms with Gasteiger partial charge in [-0.05, 0) is 50.9 Å². The monoisotopic (exact) mass is 268 g/mol. The summed E-state index contributed by atoms with van der Waals surface area (Å²) in [4.78, 5) is 10.8. The molecular formula is C16H28O3. The quantitative estimate of drug-likeness (QED) is 0.819. The number of ether oxygens (including phenoxy) is 1. The third kappa shape index (κ3) is 4.79. The fourth-order valence-electron chi connectivity index (χ4n) is 3.74. The minimum Gasteiger partial charge on any atom is -0.479 e. The second kappa shape index (κ2) is 7.28. The molecule has 0 bridgehead atoms. The van der Waals surface area contributed by atoms with Gasteiger partial charge in [-0.1, -0.05) is 32.1 Å². The van der Waals surface area contributed by atoms with Gasteiger partial charge in [0.25, 0.3) is 0 Å². The first kappa shape index (κ1) is 14.8. The molecule has 0 radical (unpaired) electrons. The van der Waals surface area contributed by atoms with Gasteiger partial charge in [0, 0.05) is 0 Å². The second-order valence-corrected chi connectivity index (χ2v) is 6.50. The molecule has 110 valence electrons. The van der Waals surface area contributed by atoms with Crippen molar-refractivity contribution in [2.24, 2.45) is 11.8 Å². The van der Waals surface area contributed by atoms with Crippen LogP contribution in [0.2, 0.25) is 0 Å². The standard InChI is InChI=1S/C16H28O3/c1-12(16(17)18)19-15-9-7-14(8-10-15)11-13-5-3-2-4-6-13/h12-15H,2-11H2,1H3,(H,17,18). The van der Waals surface area contributed by atoms with Crippen LogP contribution in [-0.4, -0.2) is 23.3 Å². The van der Waals surface area contributed by atoms with E-state index in [1.165, 1.54) is 51.4 Å². The molecule has 2 saturated carbocycles. The lowest BCUT2D eigenvalue weighted by Gasteiger charge is -2.32. The van der Waals surface area contributed by atoms with Crippen LogP contribution in [0.25, 0.3) is 0 Å². The van der Waals surface area contributed by atoms with Gasteiger partial charge in [0.1, 0.15) is 0 Å². The van der Waals surface area contributed by atoms with Crippen LogP contribution in [0.1, 0.15) is 71.1 Å². The van der Waals surface area contributed by atoms with Crippen molar-refractivity contribution in [3.8, 4) is 0 Å². The summed E-state index contributed by atoms with van der Waals surface area (Å²) in [6.07, 6.45) is 12.7. The first-order chi connectivity index (χ1) is 9.15. The van der Waals surface area contributed by atoms with Crippen molar-refractivity contribution in [1.29, 1.82) is 0 Å². The van der Waals surface area contributed by atoms with E-state index in [0.29, 0.717) is 0 Å². The molecule has 2 rings (SSSR count). The first-order valence-corrected chi connectivity index (χ1v) is 8.03. The van der Waals surface area contributed by atoms with E-state index in [1.807, 2.05) is 0 Å². The lowest BCUT2D eigenvalue weighted by molar-refractivity contribution is -0.154. The third-order valence-electron chi connectivity index (χ3n) is 4.93. The summed E-state index contributed by atoms with van der Waals surface area (Å²) in [6.45, 7) is 1.64. The highest BCUT2D eigenvalue weighted by Crippen LogP contribution is 2.36. The second-order valence-electron chi connectivity index (χ2n) is 6.50. The highest BCUT2D eigenvalue weighted by atomic mass is 16.5. The molecule has 0 aromatic rings. The molecule has 3 heteroatoms. The van der Waals surface area contributed by atoms with E-state index in [0.717, 1.165) is 24.7 Å². The molecule has 1 atom stereocenters. The van der Waals surface area contributed by atoms with E-state index in [1.54, 1.807) is 6.92 Å². The Morgan fingerprint density at radius 1 is 1.05 bits per heavy atom. The Bertz CT molecular complexity index is 276. The maximum absolute atomic E-state index is 10.8. The molecule has 19 heavy (non-hydrogen) atoms. The molecule has 0 saturated heterocycles. The number of carboxylic acid groups (broad SMARTS) is 1. The Morgan fingerprint density at radius 2 is 1.63 bits per heavy atom. The van der Waals surface area contributed by atoms with Crippen LogP contribution in [-0.2, 0) is 9.53 Å². The molecule has 3 nitrogen and oxygen atoms in total. The summed E-state index contributed by atoms with van der Waals surface area (Å²) >= 11 is 0. The Kier molecular flexibility index (Phi) is 5.68. The van der Waals surface area contributed by atoms with Crippen LogP contribution in [0.4, 0.5) is 0 Å². The van der Waals surface area contributed by atoms with Crippen molar-refractivity contribution in [2.75, 3.05) is 0 Å². The van der Waals surface area contributed by atoms with Gasteiger partial charge in [-0.2, -0.15) is 0 Å². The van der Waals surface area contributed by atoms with Crippen molar-refractivity contribution in [3.63, 3.8) is 0 Å². The van der Waals surface area contributed by atoms with Gasteiger partial charge >= 0.3 is 5.97 Å². The van der Waals surface area contributed by atoms with Crippen molar-refractivity contribution >= 4 is 5.97 Å². The Hall–Kier alpha value is -0.570. The number of aliphatic carboxylic acids is 1. The molecule has 0 amide bonds. The van der Waals surface area contributed by atoms with E-state index in [-0.39, 0.29) is 6.10 Å². The van der Waals surface area contributed by atoms with Gasteiger partial charge in [0.2, 0.25) is 0 Å². The molecule has 0 heterocycles. The van der Waals surface area contributed by atoms with E-state index in [4.69, 9.17) is 9.84 Å². The van der Waals surface area contributed by atoms with E-state index in [2.05, 4.69) is 0 Å². The lowest BCUT2D eigenvalue weighted by Crippen LogP contribution is -2.30. The smallest absolute Gasteiger partial charge is 0.332 e. The summed E-state index contributed by atoms with van der Waals surface area (Å²) < 4.78 is 5.59. The van der Waals surface area contributed by atoms with Crippen molar-refractivity contribution in [2.45, 2.75) is 83.3 Å². The highest BCUT2D eigenvalue weighted by molar-refractivity contribution is 5.71. The van der Waals surface area contributed by atoms with Crippen LogP contribution >= 0.6 is 0 Å². The largest absolute Gasteiger partial charge is 0.479 e. The van der Waals surface area contributed by atoms with Crippen LogP contribution in [0.5, 0.6) is 0 Å². The molecule has 1 unspecified atom stereocenters. The van der Waals surface area contributed by atoms with Crippen molar-refractivity contribution in [3.05, 3.63) is 0 Å². The van der Waals surface area contributed by atoms with Crippen LogP contribution < -0.4 is 0 Å². The zero-order valence-corrected chi connectivity index (χ0v) is 12.1. The molecule has 1 N–H and O–H groups in total. The average molecular weight is 268 g/mol. The molecule has 0 spiro atoms. The van der Waals surface area contributed by atoms with Gasteiger partial charge in [0.05, 0.1) is 6.10 Å². The van der Waals surface area contributed by atoms with E-state index >= 15 is 0 Å². The van der Waals surface area contributed by atoms with Gasteiger partial charge < -0.3 is 9.84 Å². The predicted octanol–water partition coefficient (Wildman–Crippen LogP) is 4.01. The maximum atomic E-state index is 10.8. The summed E-state index contributed by atoms with van der Waals surface area (Å²) in [5.41, 5.74) is 0. The Labute approximate surface area is 116 Å². The van der Waals surface area contributed by atoms with E-state index in [9.17, 15) is 4.79 Å². The zero-order valence-electron chi connectivity index (χ0n) is 12.1. The van der Waals surface area contributed by atoms with Gasteiger partial charge in [-0.15, -0.1) is 0 Å². The van der Waals surface area contributed by atoms with Crippen molar-refractivity contribution < 1.29 is 14.6 Å². The topological polar surface area (TPSA) is 46.5 Å². The van der Waals surface area contributed by atoms with Crippen LogP contribution in [0, 0.1) is 11.8 Å². The molecule has 2 aliphatic carbocycles. The average Bonchev–Trinajstić information content (AvgIpc) is 2.42. The zero-order chi connectivity index (χ0) is 13.7. The third-order valence-corrected chi connectivity index (χ3v) is 4.93. The van der Waals surface area contributed by atoms with Crippen LogP contribution in [0.3, 0.4) is 0 Å². The number of hydrogen-bond acceptors (Lipinski definition) is 2. The number of rotatable bonds is 5. The molecule has 2 fully saturated rings. The fraction of sp³-hybridized carbons (Fsp3) is 0.938. The Balaban J connectivity index is 1.65. The first-order valence-electron chi connectivity index (χ1n) is 8.03. The normalized spacial score (nSPS) is 31.0. The molecule has 2 aliphatic rings. The van der Waals surface area contributed by atoms with Crippen molar-refractivity contribution in [1.82, 2.24) is 0 Å². The van der Waals surface area contributed by atoms with Gasteiger partial charge in [0.15, 0.2) is 6.10 Å². The van der Waals surface area contributed by atoms with E-state index < -0.39 is 12.1 Å². The lowest BCUT2D eigenvalue weighted by atomic mass is 9.77. The minimum atomic E-state index is -0.843. The SMILES string of the molecule is CC(OC1CCC(CC2CCCCC2)CC1)C(=O)O. The Morgan fingerprint density at radius 3 is 2.21 bits per heavy atom. The molecular weight excluding hydrogens is 240 g/mol. The van der Waals surface area contributed by atoms with Crippen LogP contribution in [0.15, 0.2) is 0 Å². The molecule has 0 aromatic heterocycles. The highest BCUT2D eigenvalue weighted by Gasteiger charge is 2.27. The number of carboxylic acids is 1.